The zero-order valence-electron chi connectivity index (χ0n) is 16.1. The second-order valence-corrected chi connectivity index (χ2v) is 8.79. The van der Waals surface area contributed by atoms with Gasteiger partial charge in [-0.2, -0.15) is 0 Å². The molecule has 0 saturated carbocycles. The van der Waals surface area contributed by atoms with Crippen molar-refractivity contribution in [1.29, 1.82) is 0 Å². The number of carbonyl (C=O) groups is 1. The summed E-state index contributed by atoms with van der Waals surface area (Å²) < 4.78 is 12.0. The van der Waals surface area contributed by atoms with Gasteiger partial charge in [0.2, 0.25) is 11.8 Å². The Balaban J connectivity index is 1.51. The standard InChI is InChI=1S/C20H23N3O3S2/c1-4-15-11-21-19(26-15)13(2)27-18-12-22-20(28-18)23-17(24)10-9-14-7-5-6-8-16(14)25-3/h5-8,11-13H,4,9-10H2,1-3H3,(H,22,23,24). The summed E-state index contributed by atoms with van der Waals surface area (Å²) >= 11 is 3.07. The first-order valence-corrected chi connectivity index (χ1v) is 10.8. The number of nitrogens with one attached hydrogen (secondary N) is 1. The number of nitrogens with zero attached hydrogens (tertiary/aromatic N) is 2. The van der Waals surface area contributed by atoms with Crippen LogP contribution in [-0.4, -0.2) is 23.0 Å². The van der Waals surface area contributed by atoms with Crippen LogP contribution in [0.25, 0.3) is 0 Å². The highest BCUT2D eigenvalue weighted by Gasteiger charge is 2.16. The van der Waals surface area contributed by atoms with Crippen molar-refractivity contribution in [3.63, 3.8) is 0 Å². The fourth-order valence-electron chi connectivity index (χ4n) is 2.61. The summed E-state index contributed by atoms with van der Waals surface area (Å²) in [5.74, 6) is 2.33. The van der Waals surface area contributed by atoms with Crippen LogP contribution in [0.3, 0.4) is 0 Å². The van der Waals surface area contributed by atoms with Gasteiger partial charge in [-0.15, -0.1) is 11.8 Å². The molecule has 0 spiro atoms. The number of thiazole rings is 1. The summed E-state index contributed by atoms with van der Waals surface area (Å²) in [5.41, 5.74) is 1.02. The Morgan fingerprint density at radius 1 is 1.32 bits per heavy atom. The van der Waals surface area contributed by atoms with E-state index in [1.54, 1.807) is 31.3 Å². The van der Waals surface area contributed by atoms with E-state index in [0.717, 1.165) is 27.7 Å². The number of carbonyl (C=O) groups excluding carboxylic acids is 1. The average molecular weight is 418 g/mol. The molecule has 1 amide bonds. The largest absolute Gasteiger partial charge is 0.496 e. The minimum atomic E-state index is -0.0647. The molecule has 2 aromatic heterocycles. The number of hydrogen-bond donors (Lipinski definition) is 1. The maximum absolute atomic E-state index is 12.3. The van der Waals surface area contributed by atoms with Gasteiger partial charge in [-0.25, -0.2) is 9.97 Å². The predicted octanol–water partition coefficient (Wildman–Crippen LogP) is 5.13. The third kappa shape index (κ3) is 5.36. The zero-order chi connectivity index (χ0) is 19.9. The predicted molar refractivity (Wildman–Crippen MR) is 112 cm³/mol. The Morgan fingerprint density at radius 2 is 2.14 bits per heavy atom. The normalized spacial score (nSPS) is 12.0. The number of rotatable bonds is 9. The van der Waals surface area contributed by atoms with Crippen molar-refractivity contribution in [2.75, 3.05) is 12.4 Å². The van der Waals surface area contributed by atoms with E-state index in [0.29, 0.717) is 23.9 Å². The van der Waals surface area contributed by atoms with E-state index in [2.05, 4.69) is 15.3 Å². The van der Waals surface area contributed by atoms with E-state index in [1.807, 2.05) is 38.1 Å². The Hall–Kier alpha value is -2.32. The van der Waals surface area contributed by atoms with Gasteiger partial charge in [-0.05, 0) is 25.0 Å². The molecule has 2 heterocycles. The van der Waals surface area contributed by atoms with E-state index in [-0.39, 0.29) is 11.2 Å². The van der Waals surface area contributed by atoms with Gasteiger partial charge in [-0.3, -0.25) is 4.79 Å². The van der Waals surface area contributed by atoms with Crippen molar-refractivity contribution < 1.29 is 13.9 Å². The van der Waals surface area contributed by atoms with E-state index < -0.39 is 0 Å². The van der Waals surface area contributed by atoms with Crippen molar-refractivity contribution in [2.45, 2.75) is 42.6 Å². The Bertz CT molecular complexity index is 923. The summed E-state index contributed by atoms with van der Waals surface area (Å²) in [5, 5.41) is 3.55. The molecule has 0 aliphatic carbocycles. The first-order valence-electron chi connectivity index (χ1n) is 9.07. The molecule has 1 atom stereocenters. The van der Waals surface area contributed by atoms with Crippen LogP contribution in [0, 0.1) is 0 Å². The van der Waals surface area contributed by atoms with E-state index in [1.165, 1.54) is 11.3 Å². The van der Waals surface area contributed by atoms with Crippen LogP contribution in [0.1, 0.15) is 42.7 Å². The van der Waals surface area contributed by atoms with Gasteiger partial charge >= 0.3 is 0 Å². The number of methoxy groups -OCH3 is 1. The summed E-state index contributed by atoms with van der Waals surface area (Å²) in [6.07, 6.45) is 5.35. The van der Waals surface area contributed by atoms with Crippen molar-refractivity contribution in [2.24, 2.45) is 0 Å². The molecule has 0 aliphatic heterocycles. The molecule has 0 fully saturated rings. The third-order valence-corrected chi connectivity index (χ3v) is 6.24. The first-order chi connectivity index (χ1) is 13.6. The number of benzene rings is 1. The van der Waals surface area contributed by atoms with Gasteiger partial charge in [-0.1, -0.05) is 36.5 Å². The number of aromatic nitrogens is 2. The van der Waals surface area contributed by atoms with E-state index in [9.17, 15) is 4.79 Å². The topological polar surface area (TPSA) is 77.2 Å². The highest BCUT2D eigenvalue weighted by atomic mass is 32.2. The van der Waals surface area contributed by atoms with Crippen LogP contribution in [0.15, 0.2) is 45.3 Å². The maximum Gasteiger partial charge on any atom is 0.226 e. The molecule has 6 nitrogen and oxygen atoms in total. The van der Waals surface area contributed by atoms with Crippen molar-refractivity contribution >= 4 is 34.1 Å². The Labute approximate surface area is 172 Å². The smallest absolute Gasteiger partial charge is 0.226 e. The second-order valence-electron chi connectivity index (χ2n) is 6.12. The number of hydrogen-bond acceptors (Lipinski definition) is 7. The lowest BCUT2D eigenvalue weighted by atomic mass is 10.1. The molecule has 1 N–H and O–H groups in total. The number of oxazole rings is 1. The quantitative estimate of drug-likeness (QED) is 0.487. The van der Waals surface area contributed by atoms with Gasteiger partial charge in [0.25, 0.3) is 0 Å². The van der Waals surface area contributed by atoms with Gasteiger partial charge in [0.1, 0.15) is 11.5 Å². The summed E-state index contributed by atoms with van der Waals surface area (Å²) in [7, 11) is 1.63. The van der Waals surface area contributed by atoms with Gasteiger partial charge in [0.15, 0.2) is 5.13 Å². The van der Waals surface area contributed by atoms with Crippen LogP contribution in [-0.2, 0) is 17.6 Å². The molecule has 0 saturated heterocycles. The zero-order valence-corrected chi connectivity index (χ0v) is 17.7. The van der Waals surface area contributed by atoms with Crippen LogP contribution < -0.4 is 10.1 Å². The molecule has 8 heteroatoms. The number of ether oxygens (including phenoxy) is 1. The van der Waals surface area contributed by atoms with E-state index in [4.69, 9.17) is 9.15 Å². The summed E-state index contributed by atoms with van der Waals surface area (Å²) in [6, 6.07) is 7.73. The molecule has 1 unspecified atom stereocenters. The highest BCUT2D eigenvalue weighted by molar-refractivity contribution is 8.01. The fourth-order valence-corrected chi connectivity index (χ4v) is 4.71. The maximum atomic E-state index is 12.3. The molecule has 0 aliphatic rings. The third-order valence-electron chi connectivity index (χ3n) is 4.11. The Morgan fingerprint density at radius 3 is 2.89 bits per heavy atom. The van der Waals surface area contributed by atoms with Crippen LogP contribution in [0.5, 0.6) is 5.75 Å². The number of para-hydroxylation sites is 1. The number of thioether (sulfide) groups is 1. The second kappa shape index (κ2) is 9.75. The average Bonchev–Trinajstić information content (AvgIpc) is 3.36. The molecule has 148 valence electrons. The Kier molecular flexibility index (Phi) is 7.11. The van der Waals surface area contributed by atoms with E-state index >= 15 is 0 Å². The highest BCUT2D eigenvalue weighted by Crippen LogP contribution is 2.38. The van der Waals surface area contributed by atoms with Crippen molar-refractivity contribution in [1.82, 2.24) is 9.97 Å². The minimum Gasteiger partial charge on any atom is -0.496 e. The first kappa shape index (κ1) is 20.4. The van der Waals surface area contributed by atoms with Gasteiger partial charge < -0.3 is 14.5 Å². The molecule has 0 bridgehead atoms. The molecule has 3 rings (SSSR count). The molecular formula is C20H23N3O3S2. The monoisotopic (exact) mass is 417 g/mol. The molecule has 1 aromatic carbocycles. The van der Waals surface area contributed by atoms with Gasteiger partial charge in [0, 0.05) is 12.8 Å². The van der Waals surface area contributed by atoms with Crippen molar-refractivity contribution in [3.8, 4) is 5.75 Å². The van der Waals surface area contributed by atoms with Crippen LogP contribution in [0.2, 0.25) is 0 Å². The molecular weight excluding hydrogens is 394 g/mol. The number of aryl methyl sites for hydroxylation is 2. The molecule has 0 radical (unpaired) electrons. The van der Waals surface area contributed by atoms with Crippen molar-refractivity contribution in [3.05, 3.63) is 53.9 Å². The lowest BCUT2D eigenvalue weighted by Crippen LogP contribution is -2.12. The minimum absolute atomic E-state index is 0.0647. The van der Waals surface area contributed by atoms with Crippen LogP contribution >= 0.6 is 23.1 Å². The van der Waals surface area contributed by atoms with Crippen LogP contribution in [0.4, 0.5) is 5.13 Å². The summed E-state index contributed by atoms with van der Waals surface area (Å²) in [6.45, 7) is 4.08. The lowest BCUT2D eigenvalue weighted by molar-refractivity contribution is -0.116. The summed E-state index contributed by atoms with van der Waals surface area (Å²) in [4.78, 5) is 20.9. The fraction of sp³-hybridized carbons (Fsp3) is 0.350. The number of amides is 1. The lowest BCUT2D eigenvalue weighted by Gasteiger charge is -2.07. The molecule has 28 heavy (non-hydrogen) atoms. The van der Waals surface area contributed by atoms with Gasteiger partial charge in [0.05, 0.1) is 29.0 Å². The number of anilines is 1. The molecule has 3 aromatic rings. The SMILES string of the molecule is CCc1cnc(C(C)Sc2cnc(NC(=O)CCc3ccccc3OC)s2)o1.